The molecule has 1 unspecified atom stereocenters. The Hall–Kier alpha value is -1.91. The van der Waals surface area contributed by atoms with E-state index in [1.54, 1.807) is 0 Å². The fourth-order valence-electron chi connectivity index (χ4n) is 2.99. The number of ether oxygens (including phenoxy) is 2. The zero-order valence-electron chi connectivity index (χ0n) is 21.1. The minimum atomic E-state index is -0.583. The SMILES string of the molecule is CC/C=C\C/C=C\C/C=C\C/C=C\C/C=C\CC(=O)OC(CO)COCCCCCCCC. The van der Waals surface area contributed by atoms with Crippen molar-refractivity contribution >= 4 is 5.97 Å². The summed E-state index contributed by atoms with van der Waals surface area (Å²) in [5, 5.41) is 9.38. The van der Waals surface area contributed by atoms with Crippen molar-refractivity contribution in [2.24, 2.45) is 0 Å². The van der Waals surface area contributed by atoms with Crippen LogP contribution in [0.2, 0.25) is 0 Å². The lowest BCUT2D eigenvalue weighted by Gasteiger charge is -2.15. The maximum absolute atomic E-state index is 11.9. The molecule has 0 saturated carbocycles. The van der Waals surface area contributed by atoms with Gasteiger partial charge in [0, 0.05) is 6.61 Å². The van der Waals surface area contributed by atoms with E-state index in [1.165, 1.54) is 25.7 Å². The molecule has 0 radical (unpaired) electrons. The van der Waals surface area contributed by atoms with Gasteiger partial charge in [0.05, 0.1) is 19.6 Å². The van der Waals surface area contributed by atoms with Gasteiger partial charge in [-0.1, -0.05) is 107 Å². The Labute approximate surface area is 203 Å². The second kappa shape index (κ2) is 26.3. The third kappa shape index (κ3) is 24.6. The van der Waals surface area contributed by atoms with Crippen LogP contribution >= 0.6 is 0 Å². The van der Waals surface area contributed by atoms with E-state index in [0.29, 0.717) is 6.61 Å². The number of hydrogen-bond donors (Lipinski definition) is 1. The molecule has 4 heteroatoms. The number of aliphatic hydroxyl groups is 1. The molecule has 0 aliphatic heterocycles. The van der Waals surface area contributed by atoms with Crippen LogP contribution in [0.25, 0.3) is 0 Å². The maximum atomic E-state index is 11.9. The molecule has 0 bridgehead atoms. The van der Waals surface area contributed by atoms with Crippen LogP contribution in [0.3, 0.4) is 0 Å². The van der Waals surface area contributed by atoms with Gasteiger partial charge in [-0.15, -0.1) is 0 Å². The molecule has 4 nitrogen and oxygen atoms in total. The summed E-state index contributed by atoms with van der Waals surface area (Å²) >= 11 is 0. The van der Waals surface area contributed by atoms with Crippen LogP contribution in [0, 0.1) is 0 Å². The predicted octanol–water partition coefficient (Wildman–Crippen LogP) is 7.41. The average Bonchev–Trinajstić information content (AvgIpc) is 2.82. The molecule has 0 aromatic carbocycles. The van der Waals surface area contributed by atoms with Gasteiger partial charge in [-0.2, -0.15) is 0 Å². The Morgan fingerprint density at radius 1 is 0.727 bits per heavy atom. The molecule has 1 N–H and O–H groups in total. The molecule has 0 aliphatic carbocycles. The number of hydrogen-bond acceptors (Lipinski definition) is 4. The fraction of sp³-hybridized carbons (Fsp3) is 0.621. The van der Waals surface area contributed by atoms with Crippen LogP contribution in [0.1, 0.15) is 90.9 Å². The van der Waals surface area contributed by atoms with Gasteiger partial charge in [0.2, 0.25) is 0 Å². The normalized spacial score (nSPS) is 13.4. The zero-order chi connectivity index (χ0) is 24.2. The molecule has 0 fully saturated rings. The number of unbranched alkanes of at least 4 members (excludes halogenated alkanes) is 5. The summed E-state index contributed by atoms with van der Waals surface area (Å²) in [7, 11) is 0. The van der Waals surface area contributed by atoms with Crippen LogP contribution in [0.4, 0.5) is 0 Å². The number of rotatable bonds is 22. The highest BCUT2D eigenvalue weighted by atomic mass is 16.6. The molecule has 0 saturated heterocycles. The summed E-state index contributed by atoms with van der Waals surface area (Å²) in [6.07, 6.45) is 32.7. The second-order valence-corrected chi connectivity index (χ2v) is 8.05. The molecular formula is C29H48O4. The Balaban J connectivity index is 3.74. The highest BCUT2D eigenvalue weighted by Gasteiger charge is 2.12. The van der Waals surface area contributed by atoms with Crippen LogP contribution < -0.4 is 0 Å². The first-order valence-corrected chi connectivity index (χ1v) is 12.9. The van der Waals surface area contributed by atoms with Crippen molar-refractivity contribution in [3.8, 4) is 0 Å². The van der Waals surface area contributed by atoms with E-state index in [1.807, 2.05) is 12.2 Å². The summed E-state index contributed by atoms with van der Waals surface area (Å²) in [5.41, 5.74) is 0. The molecule has 0 aromatic rings. The van der Waals surface area contributed by atoms with Gasteiger partial charge in [-0.3, -0.25) is 4.79 Å². The van der Waals surface area contributed by atoms with Gasteiger partial charge in [-0.25, -0.2) is 0 Å². The van der Waals surface area contributed by atoms with Crippen molar-refractivity contribution < 1.29 is 19.4 Å². The van der Waals surface area contributed by atoms with Crippen molar-refractivity contribution in [3.63, 3.8) is 0 Å². The van der Waals surface area contributed by atoms with Crippen LogP contribution in [-0.2, 0) is 14.3 Å². The van der Waals surface area contributed by atoms with Crippen LogP contribution in [0.15, 0.2) is 60.8 Å². The largest absolute Gasteiger partial charge is 0.457 e. The second-order valence-electron chi connectivity index (χ2n) is 8.05. The smallest absolute Gasteiger partial charge is 0.310 e. The lowest BCUT2D eigenvalue weighted by Crippen LogP contribution is -2.27. The van der Waals surface area contributed by atoms with E-state index in [4.69, 9.17) is 9.47 Å². The minimum absolute atomic E-state index is 0.210. The number of carbonyl (C=O) groups excluding carboxylic acids is 1. The molecule has 33 heavy (non-hydrogen) atoms. The maximum Gasteiger partial charge on any atom is 0.310 e. The van der Waals surface area contributed by atoms with Gasteiger partial charge in [-0.05, 0) is 38.5 Å². The highest BCUT2D eigenvalue weighted by molar-refractivity contribution is 5.71. The standard InChI is InChI=1S/C29H48O4/c1-3-5-7-9-11-12-13-14-15-16-17-18-19-20-22-24-29(31)33-28(26-30)27-32-25-23-21-10-8-6-4-2/h5,7,11-12,14-15,17-18,20,22,28,30H,3-4,6,8-10,13,16,19,21,23-27H2,1-2H3/b7-5-,12-11-,15-14-,18-17-,22-20-. The van der Waals surface area contributed by atoms with E-state index in [2.05, 4.69) is 62.5 Å². The van der Waals surface area contributed by atoms with Crippen molar-refractivity contribution in [2.45, 2.75) is 97.0 Å². The first-order chi connectivity index (χ1) is 16.2. The van der Waals surface area contributed by atoms with Gasteiger partial charge >= 0.3 is 5.97 Å². The first kappa shape index (κ1) is 31.1. The highest BCUT2D eigenvalue weighted by Crippen LogP contribution is 2.05. The molecule has 0 heterocycles. The molecule has 0 spiro atoms. The number of carbonyl (C=O) groups is 1. The molecule has 0 amide bonds. The molecule has 0 aromatic heterocycles. The van der Waals surface area contributed by atoms with Crippen molar-refractivity contribution in [1.82, 2.24) is 0 Å². The van der Waals surface area contributed by atoms with E-state index in [-0.39, 0.29) is 25.6 Å². The van der Waals surface area contributed by atoms with Gasteiger partial charge in [0.15, 0.2) is 0 Å². The monoisotopic (exact) mass is 460 g/mol. The van der Waals surface area contributed by atoms with E-state index < -0.39 is 6.10 Å². The van der Waals surface area contributed by atoms with Crippen LogP contribution in [0.5, 0.6) is 0 Å². The van der Waals surface area contributed by atoms with E-state index in [0.717, 1.165) is 44.9 Å². The predicted molar refractivity (Wildman–Crippen MR) is 140 cm³/mol. The van der Waals surface area contributed by atoms with E-state index >= 15 is 0 Å². The van der Waals surface area contributed by atoms with Crippen LogP contribution in [-0.4, -0.2) is 37.0 Å². The Morgan fingerprint density at radius 2 is 1.24 bits per heavy atom. The number of aliphatic hydroxyl groups excluding tert-OH is 1. The van der Waals surface area contributed by atoms with Gasteiger partial charge < -0.3 is 14.6 Å². The van der Waals surface area contributed by atoms with Gasteiger partial charge in [0.25, 0.3) is 0 Å². The first-order valence-electron chi connectivity index (χ1n) is 12.9. The van der Waals surface area contributed by atoms with Crippen molar-refractivity contribution in [3.05, 3.63) is 60.8 Å². The Kier molecular flexibility index (Phi) is 24.8. The Bertz CT molecular complexity index is 572. The molecule has 0 rings (SSSR count). The van der Waals surface area contributed by atoms with Crippen molar-refractivity contribution in [2.75, 3.05) is 19.8 Å². The Morgan fingerprint density at radius 3 is 1.79 bits per heavy atom. The van der Waals surface area contributed by atoms with Crippen molar-refractivity contribution in [1.29, 1.82) is 0 Å². The summed E-state index contributed by atoms with van der Waals surface area (Å²) in [6.45, 7) is 5.04. The summed E-state index contributed by atoms with van der Waals surface area (Å²) in [4.78, 5) is 11.9. The lowest BCUT2D eigenvalue weighted by atomic mass is 10.1. The van der Waals surface area contributed by atoms with E-state index in [9.17, 15) is 9.90 Å². The lowest BCUT2D eigenvalue weighted by molar-refractivity contribution is -0.153. The minimum Gasteiger partial charge on any atom is -0.457 e. The summed E-state index contributed by atoms with van der Waals surface area (Å²) in [5.74, 6) is -0.335. The third-order valence-corrected chi connectivity index (χ3v) is 4.89. The molecule has 0 aliphatic rings. The third-order valence-electron chi connectivity index (χ3n) is 4.89. The number of esters is 1. The average molecular weight is 461 g/mol. The molecular weight excluding hydrogens is 412 g/mol. The number of allylic oxidation sites excluding steroid dienone is 9. The zero-order valence-corrected chi connectivity index (χ0v) is 21.1. The quantitative estimate of drug-likeness (QED) is 0.104. The van der Waals surface area contributed by atoms with Gasteiger partial charge in [0.1, 0.15) is 6.10 Å². The molecule has 1 atom stereocenters. The fourth-order valence-corrected chi connectivity index (χ4v) is 2.99. The topological polar surface area (TPSA) is 55.8 Å². The summed E-state index contributed by atoms with van der Waals surface area (Å²) < 4.78 is 10.8. The molecule has 188 valence electrons. The summed E-state index contributed by atoms with van der Waals surface area (Å²) in [6, 6.07) is 0.